The normalized spacial score (nSPS) is 31.7. The molecule has 1 saturated heterocycles. The zero-order valence-electron chi connectivity index (χ0n) is 21.4. The van der Waals surface area contributed by atoms with Crippen molar-refractivity contribution >= 4 is 17.5 Å². The Morgan fingerprint density at radius 2 is 1.72 bits per heavy atom. The largest absolute Gasteiger partial charge is 0.507 e. The maximum atomic E-state index is 13.5. The molecule has 1 heterocycles. The first-order chi connectivity index (χ1) is 18.3. The SMILES string of the molecule is COC(=O)C1c2c(O)c3c(c(O)c2[C@@H](O[C@H]2C[C@H](N)[C@H](O)[C@H](C)O2)C[C@@]1(C)O)C(=O)c1c(O)cccc1C3=O. The number of esters is 1. The molecule has 208 valence electrons. The third-order valence-corrected chi connectivity index (χ3v) is 7.83. The van der Waals surface area contributed by atoms with Crippen molar-refractivity contribution < 1.29 is 54.1 Å². The Morgan fingerprint density at radius 3 is 2.36 bits per heavy atom. The predicted octanol–water partition coefficient (Wildman–Crippen LogP) is 0.871. The molecule has 1 aliphatic heterocycles. The Hall–Kier alpha value is -3.55. The lowest BCUT2D eigenvalue weighted by Gasteiger charge is -2.44. The van der Waals surface area contributed by atoms with Crippen LogP contribution in [-0.2, 0) is 19.0 Å². The highest BCUT2D eigenvalue weighted by Gasteiger charge is 2.53. The second-order valence-corrected chi connectivity index (χ2v) is 10.4. The van der Waals surface area contributed by atoms with Crippen LogP contribution >= 0.6 is 0 Å². The number of methoxy groups -OCH3 is 1. The molecule has 7 atom stereocenters. The molecular weight excluding hydrogens is 514 g/mol. The van der Waals surface area contributed by atoms with E-state index in [0.29, 0.717) is 0 Å². The van der Waals surface area contributed by atoms with Crippen molar-refractivity contribution in [2.24, 2.45) is 5.73 Å². The van der Waals surface area contributed by atoms with Gasteiger partial charge in [0.1, 0.15) is 23.2 Å². The summed E-state index contributed by atoms with van der Waals surface area (Å²) < 4.78 is 16.7. The molecule has 0 spiro atoms. The summed E-state index contributed by atoms with van der Waals surface area (Å²) in [5.41, 5.74) is 1.84. The standard InChI is InChI=1S/C27H29NO11/c1-9-21(30)11(28)7-14(38-9)39-13-8-27(2,36)20(26(35)37-3)17-16(13)24(33)19-18(25(17)34)22(31)10-5-4-6-12(29)15(10)23(19)32/h4-6,9,11,13-14,20-21,29-30,33-34,36H,7-8,28H2,1-3H3/t9-,11-,13-,14-,20?,21+,27+/m0/s1. The minimum absolute atomic E-state index is 0.0380. The number of fused-ring (bicyclic) bond motifs is 3. The average molecular weight is 544 g/mol. The number of phenols is 3. The molecular formula is C27H29NO11. The van der Waals surface area contributed by atoms with E-state index in [2.05, 4.69) is 0 Å². The summed E-state index contributed by atoms with van der Waals surface area (Å²) in [6.45, 7) is 2.90. The first-order valence-corrected chi connectivity index (χ1v) is 12.4. The number of nitrogens with two attached hydrogens (primary N) is 1. The highest BCUT2D eigenvalue weighted by Crippen LogP contribution is 2.56. The summed E-state index contributed by atoms with van der Waals surface area (Å²) in [6.07, 6.45) is -4.25. The van der Waals surface area contributed by atoms with Crippen molar-refractivity contribution in [2.75, 3.05) is 7.11 Å². The maximum Gasteiger partial charge on any atom is 0.316 e. The van der Waals surface area contributed by atoms with Gasteiger partial charge in [-0.2, -0.15) is 0 Å². The Labute approximate surface area is 222 Å². The van der Waals surface area contributed by atoms with Crippen LogP contribution in [0.15, 0.2) is 18.2 Å². The molecule has 1 fully saturated rings. The van der Waals surface area contributed by atoms with E-state index in [1.165, 1.54) is 25.1 Å². The highest BCUT2D eigenvalue weighted by molar-refractivity contribution is 6.31. The smallest absolute Gasteiger partial charge is 0.316 e. The van der Waals surface area contributed by atoms with Gasteiger partial charge in [-0.3, -0.25) is 14.4 Å². The van der Waals surface area contributed by atoms with Crippen LogP contribution in [0, 0.1) is 0 Å². The van der Waals surface area contributed by atoms with Crippen molar-refractivity contribution in [1.82, 2.24) is 0 Å². The van der Waals surface area contributed by atoms with Crippen LogP contribution in [0.3, 0.4) is 0 Å². The molecule has 5 rings (SSSR count). The predicted molar refractivity (Wildman–Crippen MR) is 132 cm³/mol. The molecule has 2 aliphatic carbocycles. The minimum atomic E-state index is -1.91. The van der Waals surface area contributed by atoms with Gasteiger partial charge in [0.25, 0.3) is 0 Å². The summed E-state index contributed by atoms with van der Waals surface area (Å²) in [4.78, 5) is 39.9. The average Bonchev–Trinajstić information content (AvgIpc) is 2.86. The first kappa shape index (κ1) is 27.0. The van der Waals surface area contributed by atoms with Gasteiger partial charge in [0.05, 0.1) is 47.7 Å². The topological polar surface area (TPSA) is 206 Å². The number of aliphatic hydroxyl groups excluding tert-OH is 1. The molecule has 0 radical (unpaired) electrons. The van der Waals surface area contributed by atoms with E-state index in [4.69, 9.17) is 19.9 Å². The molecule has 0 amide bonds. The van der Waals surface area contributed by atoms with Gasteiger partial charge in [-0.15, -0.1) is 0 Å². The van der Waals surface area contributed by atoms with Crippen LogP contribution in [0.2, 0.25) is 0 Å². The van der Waals surface area contributed by atoms with E-state index in [1.54, 1.807) is 6.92 Å². The quantitative estimate of drug-likeness (QED) is 0.201. The van der Waals surface area contributed by atoms with Crippen LogP contribution < -0.4 is 5.73 Å². The summed E-state index contributed by atoms with van der Waals surface area (Å²) in [5.74, 6) is -6.39. The number of hydrogen-bond donors (Lipinski definition) is 6. The van der Waals surface area contributed by atoms with Gasteiger partial charge < -0.3 is 45.5 Å². The zero-order chi connectivity index (χ0) is 28.5. The van der Waals surface area contributed by atoms with E-state index < -0.39 is 88.1 Å². The van der Waals surface area contributed by atoms with Gasteiger partial charge in [0.2, 0.25) is 5.78 Å². The number of phenolic OH excluding ortho intramolecular Hbond substituents is 3. The Morgan fingerprint density at radius 1 is 1.08 bits per heavy atom. The molecule has 1 unspecified atom stereocenters. The number of aliphatic hydroxyl groups is 2. The molecule has 0 bridgehead atoms. The zero-order valence-corrected chi connectivity index (χ0v) is 21.4. The number of carbonyl (C=O) groups is 3. The second kappa shape index (κ2) is 9.28. The number of benzene rings is 2. The number of hydrogen-bond acceptors (Lipinski definition) is 12. The van der Waals surface area contributed by atoms with Gasteiger partial charge in [-0.1, -0.05) is 12.1 Å². The monoisotopic (exact) mass is 543 g/mol. The van der Waals surface area contributed by atoms with E-state index in [1.807, 2.05) is 0 Å². The van der Waals surface area contributed by atoms with E-state index in [9.17, 15) is 39.9 Å². The Kier molecular flexibility index (Phi) is 6.43. The van der Waals surface area contributed by atoms with Crippen molar-refractivity contribution in [3.63, 3.8) is 0 Å². The lowest BCUT2D eigenvalue weighted by molar-refractivity contribution is -0.248. The van der Waals surface area contributed by atoms with Crippen molar-refractivity contribution in [2.45, 2.75) is 68.9 Å². The van der Waals surface area contributed by atoms with Gasteiger partial charge in [0, 0.05) is 35.6 Å². The molecule has 39 heavy (non-hydrogen) atoms. The minimum Gasteiger partial charge on any atom is -0.507 e. The molecule has 0 saturated carbocycles. The van der Waals surface area contributed by atoms with Crippen molar-refractivity contribution in [3.05, 3.63) is 51.6 Å². The van der Waals surface area contributed by atoms with E-state index >= 15 is 0 Å². The lowest BCUT2D eigenvalue weighted by Crippen LogP contribution is -2.52. The second-order valence-electron chi connectivity index (χ2n) is 10.4. The fraction of sp³-hybridized carbons (Fsp3) is 0.444. The number of carbonyl (C=O) groups excluding carboxylic acids is 3. The van der Waals surface area contributed by atoms with Crippen LogP contribution in [0.4, 0.5) is 0 Å². The highest BCUT2D eigenvalue weighted by atomic mass is 16.7. The molecule has 12 nitrogen and oxygen atoms in total. The number of rotatable bonds is 3. The first-order valence-electron chi connectivity index (χ1n) is 12.4. The fourth-order valence-corrected chi connectivity index (χ4v) is 5.92. The number of ether oxygens (including phenoxy) is 3. The van der Waals surface area contributed by atoms with Crippen LogP contribution in [0.1, 0.15) is 81.7 Å². The fourth-order valence-electron chi connectivity index (χ4n) is 5.92. The molecule has 7 N–H and O–H groups in total. The van der Waals surface area contributed by atoms with Crippen LogP contribution in [0.5, 0.6) is 17.2 Å². The van der Waals surface area contributed by atoms with Gasteiger partial charge >= 0.3 is 5.97 Å². The van der Waals surface area contributed by atoms with Gasteiger partial charge in [-0.05, 0) is 19.9 Å². The third-order valence-electron chi connectivity index (χ3n) is 7.83. The number of aromatic hydroxyl groups is 3. The van der Waals surface area contributed by atoms with E-state index in [-0.39, 0.29) is 35.1 Å². The maximum absolute atomic E-state index is 13.5. The van der Waals surface area contributed by atoms with E-state index in [0.717, 1.165) is 7.11 Å². The van der Waals surface area contributed by atoms with Gasteiger partial charge in [0.15, 0.2) is 12.1 Å². The molecule has 2 aromatic carbocycles. The Bertz CT molecular complexity index is 1390. The number of ketones is 2. The summed E-state index contributed by atoms with van der Waals surface area (Å²) in [5, 5.41) is 54.9. The Balaban J connectivity index is 1.74. The molecule has 0 aromatic heterocycles. The summed E-state index contributed by atoms with van der Waals surface area (Å²) in [7, 11) is 1.08. The summed E-state index contributed by atoms with van der Waals surface area (Å²) >= 11 is 0. The third kappa shape index (κ3) is 3.98. The molecule has 12 heteroatoms. The van der Waals surface area contributed by atoms with Crippen LogP contribution in [-0.4, -0.2) is 80.3 Å². The molecule has 2 aromatic rings. The molecule has 3 aliphatic rings. The summed E-state index contributed by atoms with van der Waals surface area (Å²) in [6, 6.07) is 3.13. The van der Waals surface area contributed by atoms with Crippen molar-refractivity contribution in [1.29, 1.82) is 0 Å². The van der Waals surface area contributed by atoms with Crippen LogP contribution in [0.25, 0.3) is 0 Å². The van der Waals surface area contributed by atoms with Gasteiger partial charge in [-0.25, -0.2) is 0 Å². The van der Waals surface area contributed by atoms with Crippen molar-refractivity contribution in [3.8, 4) is 17.2 Å². The lowest BCUT2D eigenvalue weighted by atomic mass is 9.68.